The van der Waals surface area contributed by atoms with Crippen LogP contribution in [-0.4, -0.2) is 33.9 Å². The van der Waals surface area contributed by atoms with E-state index in [1.807, 2.05) is 20.8 Å². The zero-order valence-corrected chi connectivity index (χ0v) is 15.3. The van der Waals surface area contributed by atoms with E-state index in [1.165, 1.54) is 6.08 Å². The van der Waals surface area contributed by atoms with Crippen molar-refractivity contribution < 1.29 is 24.6 Å². The molecule has 0 spiro atoms. The SMILES string of the molecule is CC(C)C1=CC(=O)C2=C(CCC3C(C)(C(=O)O)CC(O)CC23C)C1=O. The molecule has 5 heteroatoms. The van der Waals surface area contributed by atoms with E-state index in [9.17, 15) is 24.6 Å². The highest BCUT2D eigenvalue weighted by atomic mass is 16.4. The van der Waals surface area contributed by atoms with Gasteiger partial charge in [0.25, 0.3) is 0 Å². The van der Waals surface area contributed by atoms with Crippen molar-refractivity contribution in [3.8, 4) is 0 Å². The summed E-state index contributed by atoms with van der Waals surface area (Å²) in [5, 5.41) is 20.2. The molecule has 0 heterocycles. The Labute approximate surface area is 147 Å². The smallest absolute Gasteiger partial charge is 0.309 e. The minimum absolute atomic E-state index is 0.0303. The van der Waals surface area contributed by atoms with Crippen LogP contribution in [0.15, 0.2) is 22.8 Å². The van der Waals surface area contributed by atoms with Gasteiger partial charge in [0, 0.05) is 22.1 Å². The van der Waals surface area contributed by atoms with E-state index in [4.69, 9.17) is 0 Å². The number of allylic oxidation sites excluding steroid dienone is 4. The van der Waals surface area contributed by atoms with Crippen LogP contribution >= 0.6 is 0 Å². The average Bonchev–Trinajstić information content (AvgIpc) is 2.48. The van der Waals surface area contributed by atoms with Gasteiger partial charge in [0.05, 0.1) is 11.5 Å². The van der Waals surface area contributed by atoms with E-state index < -0.39 is 22.9 Å². The minimum Gasteiger partial charge on any atom is -0.481 e. The molecule has 0 aliphatic heterocycles. The third-order valence-corrected chi connectivity index (χ3v) is 6.59. The van der Waals surface area contributed by atoms with Crippen LogP contribution in [-0.2, 0) is 14.4 Å². The first-order chi connectivity index (χ1) is 11.5. The first-order valence-corrected chi connectivity index (χ1v) is 8.98. The van der Waals surface area contributed by atoms with Crippen LogP contribution in [0.1, 0.15) is 53.4 Å². The van der Waals surface area contributed by atoms with Gasteiger partial charge in [0.15, 0.2) is 11.6 Å². The molecule has 3 aliphatic carbocycles. The molecule has 25 heavy (non-hydrogen) atoms. The Kier molecular flexibility index (Phi) is 4.06. The summed E-state index contributed by atoms with van der Waals surface area (Å²) in [4.78, 5) is 37.8. The van der Waals surface area contributed by atoms with Crippen LogP contribution in [0.4, 0.5) is 0 Å². The second kappa shape index (κ2) is 5.63. The molecule has 3 aliphatic rings. The van der Waals surface area contributed by atoms with Crippen LogP contribution in [0.5, 0.6) is 0 Å². The summed E-state index contributed by atoms with van der Waals surface area (Å²) in [6.45, 7) is 7.30. The molecule has 0 amide bonds. The van der Waals surface area contributed by atoms with E-state index in [0.717, 1.165) is 0 Å². The highest BCUT2D eigenvalue weighted by Crippen LogP contribution is 2.60. The molecule has 5 nitrogen and oxygen atoms in total. The lowest BCUT2D eigenvalue weighted by molar-refractivity contribution is -0.166. The van der Waals surface area contributed by atoms with Crippen molar-refractivity contribution in [3.63, 3.8) is 0 Å². The summed E-state index contributed by atoms with van der Waals surface area (Å²) < 4.78 is 0. The Balaban J connectivity index is 2.15. The zero-order chi connectivity index (χ0) is 18.7. The van der Waals surface area contributed by atoms with Gasteiger partial charge >= 0.3 is 5.97 Å². The van der Waals surface area contributed by atoms with Crippen molar-refractivity contribution in [2.75, 3.05) is 0 Å². The molecule has 1 fully saturated rings. The monoisotopic (exact) mass is 346 g/mol. The number of Topliss-reactive ketones (excluding diaryl/α,β-unsaturated/α-hetero) is 1. The van der Waals surface area contributed by atoms with Gasteiger partial charge in [-0.3, -0.25) is 14.4 Å². The molecule has 0 bridgehead atoms. The maximum atomic E-state index is 12.9. The van der Waals surface area contributed by atoms with E-state index >= 15 is 0 Å². The maximum Gasteiger partial charge on any atom is 0.309 e. The van der Waals surface area contributed by atoms with Gasteiger partial charge in [0.2, 0.25) is 0 Å². The van der Waals surface area contributed by atoms with Crippen molar-refractivity contribution in [2.45, 2.75) is 59.5 Å². The molecule has 1 saturated carbocycles. The van der Waals surface area contributed by atoms with Gasteiger partial charge in [0.1, 0.15) is 0 Å². The van der Waals surface area contributed by atoms with Gasteiger partial charge in [-0.2, -0.15) is 0 Å². The Morgan fingerprint density at radius 1 is 1.24 bits per heavy atom. The van der Waals surface area contributed by atoms with Crippen molar-refractivity contribution in [1.82, 2.24) is 0 Å². The number of aliphatic carboxylic acids is 1. The van der Waals surface area contributed by atoms with Gasteiger partial charge in [-0.25, -0.2) is 0 Å². The van der Waals surface area contributed by atoms with E-state index in [0.29, 0.717) is 36.0 Å². The van der Waals surface area contributed by atoms with E-state index in [1.54, 1.807) is 6.92 Å². The normalized spacial score (nSPS) is 38.4. The third kappa shape index (κ3) is 2.43. The van der Waals surface area contributed by atoms with Crippen LogP contribution in [0.25, 0.3) is 0 Å². The molecular weight excluding hydrogens is 320 g/mol. The molecule has 0 aromatic heterocycles. The van der Waals surface area contributed by atoms with Gasteiger partial charge in [-0.1, -0.05) is 20.8 Å². The quantitative estimate of drug-likeness (QED) is 0.750. The second-order valence-electron chi connectivity index (χ2n) is 8.59. The van der Waals surface area contributed by atoms with Gasteiger partial charge in [-0.15, -0.1) is 0 Å². The number of rotatable bonds is 2. The zero-order valence-electron chi connectivity index (χ0n) is 15.3. The van der Waals surface area contributed by atoms with Crippen LogP contribution in [0.2, 0.25) is 0 Å². The fourth-order valence-electron chi connectivity index (χ4n) is 5.49. The Morgan fingerprint density at radius 2 is 1.88 bits per heavy atom. The topological polar surface area (TPSA) is 91.7 Å². The Morgan fingerprint density at radius 3 is 2.44 bits per heavy atom. The van der Waals surface area contributed by atoms with Crippen molar-refractivity contribution >= 4 is 17.5 Å². The molecule has 4 unspecified atom stereocenters. The number of hydrogen-bond acceptors (Lipinski definition) is 4. The first-order valence-electron chi connectivity index (χ1n) is 8.98. The largest absolute Gasteiger partial charge is 0.481 e. The summed E-state index contributed by atoms with van der Waals surface area (Å²) in [6.07, 6.45) is 2.12. The third-order valence-electron chi connectivity index (χ3n) is 6.59. The fraction of sp³-hybridized carbons (Fsp3) is 0.650. The molecule has 0 aromatic rings. The molecule has 0 radical (unpaired) electrons. The maximum absolute atomic E-state index is 12.9. The average molecular weight is 346 g/mol. The first kappa shape index (κ1) is 18.1. The van der Waals surface area contributed by atoms with Crippen LogP contribution < -0.4 is 0 Å². The lowest BCUT2D eigenvalue weighted by atomic mass is 9.47. The number of carbonyl (C=O) groups excluding carboxylic acids is 2. The molecular formula is C20H26O5. The lowest BCUT2D eigenvalue weighted by Gasteiger charge is -2.55. The number of ketones is 2. The van der Waals surface area contributed by atoms with Gasteiger partial charge < -0.3 is 10.2 Å². The summed E-state index contributed by atoms with van der Waals surface area (Å²) in [7, 11) is 0. The Bertz CT molecular complexity index is 728. The van der Waals surface area contributed by atoms with Crippen molar-refractivity contribution in [1.29, 1.82) is 0 Å². The molecule has 3 rings (SSSR count). The number of fused-ring (bicyclic) bond motifs is 2. The van der Waals surface area contributed by atoms with E-state index in [2.05, 4.69) is 0 Å². The minimum atomic E-state index is -1.10. The summed E-state index contributed by atoms with van der Waals surface area (Å²) >= 11 is 0. The van der Waals surface area contributed by atoms with Crippen molar-refractivity contribution in [3.05, 3.63) is 22.8 Å². The van der Waals surface area contributed by atoms with Crippen LogP contribution in [0, 0.1) is 22.7 Å². The highest BCUT2D eigenvalue weighted by molar-refractivity contribution is 6.23. The van der Waals surface area contributed by atoms with Gasteiger partial charge in [-0.05, 0) is 50.5 Å². The Hall–Kier alpha value is -1.75. The van der Waals surface area contributed by atoms with Crippen molar-refractivity contribution in [2.24, 2.45) is 22.7 Å². The fourth-order valence-corrected chi connectivity index (χ4v) is 5.49. The number of carboxylic acid groups (broad SMARTS) is 1. The molecule has 4 atom stereocenters. The molecule has 0 saturated heterocycles. The predicted octanol–water partition coefficient (Wildman–Crippen LogP) is 2.68. The summed E-state index contributed by atoms with van der Waals surface area (Å²) in [5.74, 6) is -1.52. The number of carboxylic acids is 1. The van der Waals surface area contributed by atoms with Crippen LogP contribution in [0.3, 0.4) is 0 Å². The molecule has 2 N–H and O–H groups in total. The standard InChI is InChI=1S/C20H26O5/c1-10(2)13-7-14(22)16-12(17(13)23)5-6-15-19(16,3)8-11(21)9-20(15,4)18(24)25/h7,10-11,15,21H,5-6,8-9H2,1-4H3,(H,24,25). The summed E-state index contributed by atoms with van der Waals surface area (Å²) in [6, 6.07) is 0. The number of hydrogen-bond donors (Lipinski definition) is 2. The lowest BCUT2D eigenvalue weighted by Crippen LogP contribution is -2.55. The number of carbonyl (C=O) groups is 3. The molecule has 136 valence electrons. The predicted molar refractivity (Wildman–Crippen MR) is 91.8 cm³/mol. The number of aliphatic hydroxyl groups excluding tert-OH is 1. The molecule has 0 aromatic carbocycles. The number of aliphatic hydroxyl groups is 1. The van der Waals surface area contributed by atoms with E-state index in [-0.39, 0.29) is 29.8 Å². The second-order valence-corrected chi connectivity index (χ2v) is 8.59. The summed E-state index contributed by atoms with van der Waals surface area (Å²) in [5.41, 5.74) is -0.371. The highest BCUT2D eigenvalue weighted by Gasteiger charge is 2.60.